The Morgan fingerprint density at radius 1 is 1.42 bits per heavy atom. The van der Waals surface area contributed by atoms with Crippen molar-refractivity contribution in [1.29, 1.82) is 0 Å². The highest BCUT2D eigenvalue weighted by atomic mass is 16.5. The second-order valence-corrected chi connectivity index (χ2v) is 5.50. The maximum Gasteiger partial charge on any atom is 0.253 e. The van der Waals surface area contributed by atoms with Gasteiger partial charge in [0.15, 0.2) is 0 Å². The number of aromatic nitrogens is 1. The van der Waals surface area contributed by atoms with E-state index in [1.54, 1.807) is 13.3 Å². The zero-order chi connectivity index (χ0) is 13.9. The van der Waals surface area contributed by atoms with E-state index in [-0.39, 0.29) is 11.4 Å². The van der Waals surface area contributed by atoms with Gasteiger partial charge in [-0.2, -0.15) is 0 Å². The molecule has 1 saturated carbocycles. The van der Waals surface area contributed by atoms with Crippen molar-refractivity contribution in [2.45, 2.75) is 45.1 Å². The van der Waals surface area contributed by atoms with E-state index in [0.717, 1.165) is 36.9 Å². The molecule has 1 aliphatic carbocycles. The number of methoxy groups -OCH3 is 1. The van der Waals surface area contributed by atoms with E-state index in [0.29, 0.717) is 12.2 Å². The van der Waals surface area contributed by atoms with Gasteiger partial charge < -0.3 is 10.1 Å². The van der Waals surface area contributed by atoms with Crippen LogP contribution in [0.3, 0.4) is 0 Å². The highest BCUT2D eigenvalue weighted by Crippen LogP contribution is 2.30. The molecule has 1 amide bonds. The summed E-state index contributed by atoms with van der Waals surface area (Å²) >= 11 is 0. The van der Waals surface area contributed by atoms with Gasteiger partial charge in [0.2, 0.25) is 0 Å². The first kappa shape index (κ1) is 14.0. The number of aryl methyl sites for hydroxylation is 2. The lowest BCUT2D eigenvalue weighted by Gasteiger charge is -2.29. The summed E-state index contributed by atoms with van der Waals surface area (Å²) in [4.78, 5) is 16.6. The molecule has 104 valence electrons. The van der Waals surface area contributed by atoms with Gasteiger partial charge in [0.1, 0.15) is 0 Å². The van der Waals surface area contributed by atoms with Crippen LogP contribution in [0.15, 0.2) is 12.3 Å². The molecule has 0 atom stereocenters. The number of carbonyl (C=O) groups excluding carboxylic acids is 1. The summed E-state index contributed by atoms with van der Waals surface area (Å²) in [5.41, 5.74) is 2.44. The van der Waals surface area contributed by atoms with Crippen LogP contribution in [0.5, 0.6) is 0 Å². The molecule has 1 aromatic heterocycles. The minimum absolute atomic E-state index is 0.0467. The minimum atomic E-state index is -0.190. The van der Waals surface area contributed by atoms with Gasteiger partial charge >= 0.3 is 0 Å². The fourth-order valence-electron chi connectivity index (χ4n) is 2.71. The molecular formula is C15H22N2O2. The Bertz CT molecular complexity index is 465. The summed E-state index contributed by atoms with van der Waals surface area (Å²) in [6.07, 6.45) is 5.92. The molecular weight excluding hydrogens is 240 g/mol. The van der Waals surface area contributed by atoms with Crippen molar-refractivity contribution in [3.8, 4) is 0 Å². The van der Waals surface area contributed by atoms with E-state index in [2.05, 4.69) is 10.3 Å². The number of nitrogens with one attached hydrogen (secondary N) is 1. The SMILES string of the molecule is COCC1(NC(=O)c2cnc(C)c(C)c2)CCCC1. The van der Waals surface area contributed by atoms with Crippen LogP contribution in [0.25, 0.3) is 0 Å². The number of nitrogens with zero attached hydrogens (tertiary/aromatic N) is 1. The van der Waals surface area contributed by atoms with E-state index < -0.39 is 0 Å². The number of ether oxygens (including phenoxy) is 1. The molecule has 1 aliphatic rings. The Morgan fingerprint density at radius 3 is 2.68 bits per heavy atom. The molecule has 1 fully saturated rings. The van der Waals surface area contributed by atoms with E-state index in [1.807, 2.05) is 19.9 Å². The van der Waals surface area contributed by atoms with Crippen LogP contribution in [0.1, 0.15) is 47.3 Å². The van der Waals surface area contributed by atoms with Crippen LogP contribution >= 0.6 is 0 Å². The van der Waals surface area contributed by atoms with Crippen molar-refractivity contribution in [3.05, 3.63) is 29.1 Å². The molecule has 0 spiro atoms. The summed E-state index contributed by atoms with van der Waals surface area (Å²) in [6, 6.07) is 1.90. The van der Waals surface area contributed by atoms with Gasteiger partial charge in [-0.1, -0.05) is 12.8 Å². The number of carbonyl (C=O) groups is 1. The molecule has 0 aromatic carbocycles. The highest BCUT2D eigenvalue weighted by molar-refractivity contribution is 5.94. The maximum absolute atomic E-state index is 12.3. The van der Waals surface area contributed by atoms with Gasteiger partial charge in [-0.15, -0.1) is 0 Å². The fourth-order valence-corrected chi connectivity index (χ4v) is 2.71. The highest BCUT2D eigenvalue weighted by Gasteiger charge is 2.35. The standard InChI is InChI=1S/C15H22N2O2/c1-11-8-13(9-16-12(11)2)14(18)17-15(10-19-3)6-4-5-7-15/h8-9H,4-7,10H2,1-3H3,(H,17,18). The van der Waals surface area contributed by atoms with Crippen molar-refractivity contribution in [2.24, 2.45) is 0 Å². The first-order valence-corrected chi connectivity index (χ1v) is 6.81. The lowest BCUT2D eigenvalue weighted by molar-refractivity contribution is 0.0766. The molecule has 1 aromatic rings. The van der Waals surface area contributed by atoms with Crippen molar-refractivity contribution in [3.63, 3.8) is 0 Å². The van der Waals surface area contributed by atoms with E-state index in [4.69, 9.17) is 4.74 Å². The number of amides is 1. The van der Waals surface area contributed by atoms with Crippen molar-refractivity contribution in [1.82, 2.24) is 10.3 Å². The molecule has 0 unspecified atom stereocenters. The predicted octanol–water partition coefficient (Wildman–Crippen LogP) is 2.39. The molecule has 4 heteroatoms. The molecule has 0 radical (unpaired) electrons. The number of pyridine rings is 1. The smallest absolute Gasteiger partial charge is 0.253 e. The summed E-state index contributed by atoms with van der Waals surface area (Å²) in [6.45, 7) is 4.50. The van der Waals surface area contributed by atoms with Crippen LogP contribution < -0.4 is 5.32 Å². The van der Waals surface area contributed by atoms with E-state index in [1.165, 1.54) is 0 Å². The molecule has 0 aliphatic heterocycles. The molecule has 19 heavy (non-hydrogen) atoms. The summed E-state index contributed by atoms with van der Waals surface area (Å²) in [5.74, 6) is -0.0467. The number of hydrogen-bond acceptors (Lipinski definition) is 3. The van der Waals surface area contributed by atoms with E-state index in [9.17, 15) is 4.79 Å². The molecule has 2 rings (SSSR count). The Kier molecular flexibility index (Phi) is 4.20. The van der Waals surface area contributed by atoms with E-state index >= 15 is 0 Å². The maximum atomic E-state index is 12.3. The molecule has 1 N–H and O–H groups in total. The fraction of sp³-hybridized carbons (Fsp3) is 0.600. The van der Waals surface area contributed by atoms with Crippen LogP contribution in [0.4, 0.5) is 0 Å². The van der Waals surface area contributed by atoms with Gasteiger partial charge in [0.05, 0.1) is 17.7 Å². The van der Waals surface area contributed by atoms with Crippen LogP contribution in [-0.4, -0.2) is 30.1 Å². The average Bonchev–Trinajstić information content (AvgIpc) is 2.81. The quantitative estimate of drug-likeness (QED) is 0.906. The first-order valence-electron chi connectivity index (χ1n) is 6.81. The lowest BCUT2D eigenvalue weighted by atomic mass is 9.98. The zero-order valence-corrected chi connectivity index (χ0v) is 12.0. The number of rotatable bonds is 4. The second-order valence-electron chi connectivity index (χ2n) is 5.50. The predicted molar refractivity (Wildman–Crippen MR) is 74.3 cm³/mol. The molecule has 4 nitrogen and oxygen atoms in total. The van der Waals surface area contributed by atoms with Crippen molar-refractivity contribution in [2.75, 3.05) is 13.7 Å². The average molecular weight is 262 g/mol. The summed E-state index contributed by atoms with van der Waals surface area (Å²) in [5, 5.41) is 3.15. The monoisotopic (exact) mass is 262 g/mol. The lowest BCUT2D eigenvalue weighted by Crippen LogP contribution is -2.49. The Hall–Kier alpha value is -1.42. The van der Waals surface area contributed by atoms with Gasteiger partial charge in [-0.05, 0) is 38.3 Å². The first-order chi connectivity index (χ1) is 9.06. The Labute approximate surface area is 114 Å². The Morgan fingerprint density at radius 2 is 2.11 bits per heavy atom. The van der Waals surface area contributed by atoms with Crippen molar-refractivity contribution < 1.29 is 9.53 Å². The third-order valence-corrected chi connectivity index (χ3v) is 3.96. The minimum Gasteiger partial charge on any atom is -0.382 e. The van der Waals surface area contributed by atoms with Gasteiger partial charge in [0, 0.05) is 19.0 Å². The summed E-state index contributed by atoms with van der Waals surface area (Å²) < 4.78 is 5.28. The molecule has 1 heterocycles. The third kappa shape index (κ3) is 3.13. The van der Waals surface area contributed by atoms with Crippen LogP contribution in [0.2, 0.25) is 0 Å². The third-order valence-electron chi connectivity index (χ3n) is 3.96. The molecule has 0 bridgehead atoms. The Balaban J connectivity index is 2.12. The van der Waals surface area contributed by atoms with Gasteiger partial charge in [0.25, 0.3) is 5.91 Å². The van der Waals surface area contributed by atoms with Crippen molar-refractivity contribution >= 4 is 5.91 Å². The molecule has 0 saturated heterocycles. The largest absolute Gasteiger partial charge is 0.382 e. The van der Waals surface area contributed by atoms with Crippen LogP contribution in [-0.2, 0) is 4.74 Å². The summed E-state index contributed by atoms with van der Waals surface area (Å²) in [7, 11) is 1.68. The second kappa shape index (κ2) is 5.70. The van der Waals surface area contributed by atoms with Gasteiger partial charge in [-0.3, -0.25) is 9.78 Å². The number of hydrogen-bond donors (Lipinski definition) is 1. The zero-order valence-electron chi connectivity index (χ0n) is 12.0. The van der Waals surface area contributed by atoms with Gasteiger partial charge in [-0.25, -0.2) is 0 Å². The van der Waals surface area contributed by atoms with Crippen LogP contribution in [0, 0.1) is 13.8 Å². The topological polar surface area (TPSA) is 51.2 Å². The normalized spacial score (nSPS) is 17.4.